The molecule has 1 aromatic rings. The third kappa shape index (κ3) is 2.00. The van der Waals surface area contributed by atoms with E-state index in [1.165, 1.54) is 7.05 Å². The first kappa shape index (κ1) is 10.0. The molecule has 1 unspecified atom stereocenters. The molecule has 0 bridgehead atoms. The van der Waals surface area contributed by atoms with Crippen molar-refractivity contribution < 1.29 is 13.2 Å². The largest absolute Gasteiger partial charge is 0.435 e. The van der Waals surface area contributed by atoms with E-state index >= 15 is 0 Å². The zero-order chi connectivity index (χ0) is 10.2. The summed E-state index contributed by atoms with van der Waals surface area (Å²) in [4.78, 5) is 0. The predicted molar refractivity (Wildman–Crippen MR) is 40.8 cm³/mol. The Morgan fingerprint density at radius 1 is 1.54 bits per heavy atom. The normalized spacial score (nSPS) is 14.6. The number of alkyl halides is 3. The maximum atomic E-state index is 12.1. The van der Waals surface area contributed by atoms with Gasteiger partial charge in [0.05, 0.1) is 5.69 Å². The van der Waals surface area contributed by atoms with Crippen LogP contribution in [-0.4, -0.2) is 9.78 Å². The number of aromatic nitrogens is 2. The van der Waals surface area contributed by atoms with Crippen LogP contribution >= 0.6 is 0 Å². The molecule has 0 aliphatic heterocycles. The van der Waals surface area contributed by atoms with Crippen molar-refractivity contribution in [3.8, 4) is 0 Å². The third-order valence-corrected chi connectivity index (χ3v) is 1.67. The van der Waals surface area contributed by atoms with Crippen LogP contribution in [-0.2, 0) is 13.2 Å². The Bertz CT molecular complexity index is 300. The highest BCUT2D eigenvalue weighted by Gasteiger charge is 2.34. The Balaban J connectivity index is 3.10. The monoisotopic (exact) mass is 193 g/mol. The highest BCUT2D eigenvalue weighted by molar-refractivity contribution is 5.15. The molecule has 74 valence electrons. The van der Waals surface area contributed by atoms with Crippen molar-refractivity contribution in [3.05, 3.63) is 17.5 Å². The molecule has 1 atom stereocenters. The Morgan fingerprint density at radius 2 is 2.08 bits per heavy atom. The van der Waals surface area contributed by atoms with Gasteiger partial charge in [-0.2, -0.15) is 18.3 Å². The summed E-state index contributed by atoms with van der Waals surface area (Å²) in [5.74, 6) is 0. The highest BCUT2D eigenvalue weighted by Crippen LogP contribution is 2.29. The standard InChI is InChI=1S/C7H10F3N3/c1-4(11)5-3-6(7(8,9)10)12-13(5)2/h3-4H,11H2,1-2H3. The van der Waals surface area contributed by atoms with Gasteiger partial charge in [-0.1, -0.05) is 0 Å². The summed E-state index contributed by atoms with van der Waals surface area (Å²) in [7, 11) is 1.44. The van der Waals surface area contributed by atoms with Crippen LogP contribution in [0.15, 0.2) is 6.07 Å². The van der Waals surface area contributed by atoms with E-state index < -0.39 is 17.9 Å². The van der Waals surface area contributed by atoms with Gasteiger partial charge in [0.25, 0.3) is 0 Å². The van der Waals surface area contributed by atoms with Crippen molar-refractivity contribution in [2.75, 3.05) is 0 Å². The summed E-state index contributed by atoms with van der Waals surface area (Å²) < 4.78 is 37.5. The van der Waals surface area contributed by atoms with Crippen molar-refractivity contribution in [2.24, 2.45) is 12.8 Å². The Morgan fingerprint density at radius 3 is 2.31 bits per heavy atom. The molecular formula is C7H10F3N3. The average molecular weight is 193 g/mol. The van der Waals surface area contributed by atoms with Gasteiger partial charge in [-0.3, -0.25) is 4.68 Å². The average Bonchev–Trinajstić information content (AvgIpc) is 2.29. The molecule has 0 radical (unpaired) electrons. The first-order chi connectivity index (χ1) is 5.82. The number of hydrogen-bond donors (Lipinski definition) is 1. The number of nitrogens with two attached hydrogens (primary N) is 1. The quantitative estimate of drug-likeness (QED) is 0.733. The van der Waals surface area contributed by atoms with Gasteiger partial charge >= 0.3 is 6.18 Å². The van der Waals surface area contributed by atoms with Gasteiger partial charge in [-0.25, -0.2) is 0 Å². The number of rotatable bonds is 1. The fraction of sp³-hybridized carbons (Fsp3) is 0.571. The van der Waals surface area contributed by atoms with Crippen LogP contribution in [0, 0.1) is 0 Å². The predicted octanol–water partition coefficient (Wildman–Crippen LogP) is 1.46. The van der Waals surface area contributed by atoms with E-state index in [2.05, 4.69) is 5.10 Å². The second-order valence-electron chi connectivity index (χ2n) is 2.86. The maximum absolute atomic E-state index is 12.1. The smallest absolute Gasteiger partial charge is 0.323 e. The molecule has 0 saturated carbocycles. The van der Waals surface area contributed by atoms with E-state index in [1.54, 1.807) is 6.92 Å². The van der Waals surface area contributed by atoms with Crippen molar-refractivity contribution in [3.63, 3.8) is 0 Å². The van der Waals surface area contributed by atoms with Gasteiger partial charge < -0.3 is 5.73 Å². The summed E-state index contributed by atoms with van der Waals surface area (Å²) in [6.07, 6.45) is -4.40. The van der Waals surface area contributed by atoms with Crippen molar-refractivity contribution in [1.82, 2.24) is 9.78 Å². The van der Waals surface area contributed by atoms with Crippen LogP contribution in [0.4, 0.5) is 13.2 Å². The van der Waals surface area contributed by atoms with E-state index in [4.69, 9.17) is 5.73 Å². The number of halogens is 3. The number of nitrogens with zero attached hydrogens (tertiary/aromatic N) is 2. The lowest BCUT2D eigenvalue weighted by atomic mass is 10.2. The molecule has 3 nitrogen and oxygen atoms in total. The Hall–Kier alpha value is -1.04. The van der Waals surface area contributed by atoms with Crippen molar-refractivity contribution in [1.29, 1.82) is 0 Å². The lowest BCUT2D eigenvalue weighted by Crippen LogP contribution is -2.10. The van der Waals surface area contributed by atoms with E-state index in [0.29, 0.717) is 5.69 Å². The molecule has 0 amide bonds. The second-order valence-corrected chi connectivity index (χ2v) is 2.86. The van der Waals surface area contributed by atoms with E-state index in [9.17, 15) is 13.2 Å². The Labute approximate surface area is 73.3 Å². The lowest BCUT2D eigenvalue weighted by molar-refractivity contribution is -0.141. The first-order valence-electron chi connectivity index (χ1n) is 3.69. The topological polar surface area (TPSA) is 43.8 Å². The van der Waals surface area contributed by atoms with Gasteiger partial charge in [0, 0.05) is 13.1 Å². The fourth-order valence-corrected chi connectivity index (χ4v) is 1.05. The summed E-state index contributed by atoms with van der Waals surface area (Å²) in [5.41, 5.74) is 4.91. The molecular weight excluding hydrogens is 183 g/mol. The zero-order valence-electron chi connectivity index (χ0n) is 7.26. The number of hydrogen-bond acceptors (Lipinski definition) is 2. The van der Waals surface area contributed by atoms with E-state index in [1.807, 2.05) is 0 Å². The fourth-order valence-electron chi connectivity index (χ4n) is 1.05. The number of aryl methyl sites for hydroxylation is 1. The van der Waals surface area contributed by atoms with Gasteiger partial charge in [0.2, 0.25) is 0 Å². The molecule has 0 spiro atoms. The minimum atomic E-state index is -4.40. The third-order valence-electron chi connectivity index (χ3n) is 1.67. The molecule has 0 aliphatic rings. The van der Waals surface area contributed by atoms with Crippen LogP contribution in [0.2, 0.25) is 0 Å². The van der Waals surface area contributed by atoms with E-state index in [-0.39, 0.29) is 0 Å². The van der Waals surface area contributed by atoms with Crippen LogP contribution < -0.4 is 5.73 Å². The summed E-state index contributed by atoms with van der Waals surface area (Å²) >= 11 is 0. The van der Waals surface area contributed by atoms with Crippen LogP contribution in [0.1, 0.15) is 24.4 Å². The molecule has 6 heteroatoms. The van der Waals surface area contributed by atoms with Crippen LogP contribution in [0.5, 0.6) is 0 Å². The second kappa shape index (κ2) is 3.02. The van der Waals surface area contributed by atoms with E-state index in [0.717, 1.165) is 10.7 Å². The van der Waals surface area contributed by atoms with Gasteiger partial charge in [0.1, 0.15) is 0 Å². The molecule has 0 fully saturated rings. The molecule has 13 heavy (non-hydrogen) atoms. The minimum absolute atomic E-state index is 0.368. The summed E-state index contributed by atoms with van der Waals surface area (Å²) in [5, 5.41) is 3.31. The molecule has 1 heterocycles. The van der Waals surface area contributed by atoms with Crippen molar-refractivity contribution >= 4 is 0 Å². The lowest BCUT2D eigenvalue weighted by Gasteiger charge is -2.03. The van der Waals surface area contributed by atoms with Crippen molar-refractivity contribution in [2.45, 2.75) is 19.1 Å². The molecule has 0 aliphatic carbocycles. The SMILES string of the molecule is CC(N)c1cc(C(F)(F)F)nn1C. The molecule has 0 saturated heterocycles. The van der Waals surface area contributed by atoms with Gasteiger partial charge in [0.15, 0.2) is 5.69 Å². The summed E-state index contributed by atoms with van der Waals surface area (Å²) in [6, 6.07) is 0.513. The maximum Gasteiger partial charge on any atom is 0.435 e. The molecule has 1 rings (SSSR count). The summed E-state index contributed by atoms with van der Waals surface area (Å²) in [6.45, 7) is 1.61. The Kier molecular flexibility index (Phi) is 2.34. The molecule has 2 N–H and O–H groups in total. The molecule has 1 aromatic heterocycles. The zero-order valence-corrected chi connectivity index (χ0v) is 7.26. The van der Waals surface area contributed by atoms with Gasteiger partial charge in [-0.05, 0) is 13.0 Å². The highest BCUT2D eigenvalue weighted by atomic mass is 19.4. The first-order valence-corrected chi connectivity index (χ1v) is 3.69. The van der Waals surface area contributed by atoms with Crippen LogP contribution in [0.25, 0.3) is 0 Å². The van der Waals surface area contributed by atoms with Crippen LogP contribution in [0.3, 0.4) is 0 Å². The molecule has 0 aromatic carbocycles. The minimum Gasteiger partial charge on any atom is -0.323 e. The van der Waals surface area contributed by atoms with Gasteiger partial charge in [-0.15, -0.1) is 0 Å².